The SMILES string of the molecule is CC/C=C\C/C=C\C/C=C\C/C=C\C/C=C\C/C=C\CCCCCCC(=O)OCC(O)COP(=O)(O)OCC(O)COP(=O)(O)OCC(COC(=O)CCCC/C=C\C/C=C\C/C=C\C/C=C\C/C=C\C/C=C\CC)OC(=O)CCCC/C=C\C/C=C\C/C=C\C/C=C\C/C=C\C/C=C\CC. The Morgan fingerprint density at radius 3 is 0.792 bits per heavy atom. The van der Waals surface area contributed by atoms with Gasteiger partial charge in [-0.15, -0.1) is 0 Å². The molecule has 0 spiro atoms. The molecule has 0 saturated carbocycles. The minimum absolute atomic E-state index is 0.0279. The highest BCUT2D eigenvalue weighted by atomic mass is 31.2. The molecule has 18 heteroatoms. The van der Waals surface area contributed by atoms with Gasteiger partial charge in [-0.3, -0.25) is 32.5 Å². The molecule has 0 amide bonds. The highest BCUT2D eigenvalue weighted by Gasteiger charge is 2.29. The van der Waals surface area contributed by atoms with Crippen molar-refractivity contribution in [2.45, 2.75) is 245 Å². The van der Waals surface area contributed by atoms with Gasteiger partial charge in [-0.25, -0.2) is 9.13 Å². The maximum absolute atomic E-state index is 13.0. The molecule has 0 aromatic carbocycles. The van der Waals surface area contributed by atoms with Crippen LogP contribution < -0.4 is 0 Å². The van der Waals surface area contributed by atoms with Crippen molar-refractivity contribution in [3.63, 3.8) is 0 Å². The Labute approximate surface area is 609 Å². The standard InChI is InChI=1S/C83H128O16P2/c1-4-7-10-13-16-19-22-25-28-31-34-37-38-41-43-45-48-51-54-57-60-63-66-69-81(86)93-72-78(84)73-95-100(89,90)96-74-79(85)75-97-101(91,92)98-77-80(99-83(88)71-68-65-62-59-56-53-50-47-44-40-36-33-30-27-24-21-18-15-12-9-6-3)76-94-82(87)70-67-64-61-58-55-52-49-46-42-39-35-32-29-26-23-20-17-14-11-8-5-2/h7-12,16-21,25-30,34-37,39-41,43,46-51,55-56,58-59,78-80,84-85H,4-6,13-15,22-24,31-33,38,42,44-45,52-54,57,60-77H2,1-3H3,(H,89,90)(H,91,92)/b10-7-,11-8-,12-9-,19-16-,20-17-,21-18-,28-25-,29-26-,30-27-,37-34-,39-35-,40-36-,43-41-,49-46-,50-47-,51-48-,58-55-,59-56-. The van der Waals surface area contributed by atoms with Crippen LogP contribution in [0.15, 0.2) is 219 Å². The molecule has 0 radical (unpaired) electrons. The molecule has 0 aromatic heterocycles. The molecule has 0 aliphatic rings. The summed E-state index contributed by atoms with van der Waals surface area (Å²) in [4.78, 5) is 58.6. The molecule has 0 heterocycles. The smallest absolute Gasteiger partial charge is 0.463 e. The van der Waals surface area contributed by atoms with Crippen molar-refractivity contribution in [2.75, 3.05) is 39.6 Å². The summed E-state index contributed by atoms with van der Waals surface area (Å²) in [6.45, 7) is 2.14. The third kappa shape index (κ3) is 74.9. The number of phosphoric acid groups is 2. The number of esters is 3. The number of allylic oxidation sites excluding steroid dienone is 36. The van der Waals surface area contributed by atoms with Gasteiger partial charge < -0.3 is 34.2 Å². The van der Waals surface area contributed by atoms with Crippen LogP contribution >= 0.6 is 15.6 Å². The lowest BCUT2D eigenvalue weighted by Gasteiger charge is -2.21. The van der Waals surface area contributed by atoms with Crippen LogP contribution in [-0.2, 0) is 55.8 Å². The summed E-state index contributed by atoms with van der Waals surface area (Å²) in [5, 5.41) is 20.6. The van der Waals surface area contributed by atoms with Crippen molar-refractivity contribution in [1.29, 1.82) is 0 Å². The number of phosphoric ester groups is 2. The highest BCUT2D eigenvalue weighted by molar-refractivity contribution is 7.47. The van der Waals surface area contributed by atoms with Gasteiger partial charge in [-0.2, -0.15) is 0 Å². The summed E-state index contributed by atoms with van der Waals surface area (Å²) >= 11 is 0. The average molecular weight is 1440 g/mol. The van der Waals surface area contributed by atoms with Crippen LogP contribution in [-0.4, -0.2) is 95.9 Å². The normalized spacial score (nSPS) is 15.3. The fourth-order valence-electron chi connectivity index (χ4n) is 8.64. The molecule has 16 nitrogen and oxygen atoms in total. The Balaban J connectivity index is 4.86. The number of carbonyl (C=O) groups is 3. The molecule has 5 atom stereocenters. The molecular formula is C83H128O16P2. The molecule has 0 aromatic rings. The minimum atomic E-state index is -4.97. The second kappa shape index (κ2) is 73.6. The van der Waals surface area contributed by atoms with E-state index in [1.165, 1.54) is 0 Å². The molecule has 0 fully saturated rings. The van der Waals surface area contributed by atoms with Crippen LogP contribution in [0.1, 0.15) is 226 Å². The van der Waals surface area contributed by atoms with E-state index in [-0.39, 0.29) is 19.3 Å². The first-order valence-electron chi connectivity index (χ1n) is 37.0. The number of aliphatic hydroxyl groups is 2. The molecule has 0 aliphatic heterocycles. The van der Waals surface area contributed by atoms with Gasteiger partial charge in [0, 0.05) is 19.3 Å². The topological polar surface area (TPSA) is 231 Å². The maximum Gasteiger partial charge on any atom is 0.472 e. The first-order valence-corrected chi connectivity index (χ1v) is 40.0. The van der Waals surface area contributed by atoms with Gasteiger partial charge in [-0.1, -0.05) is 252 Å². The van der Waals surface area contributed by atoms with E-state index in [1.54, 1.807) is 0 Å². The fraction of sp³-hybridized carbons (Fsp3) is 0.530. The van der Waals surface area contributed by atoms with Gasteiger partial charge in [0.2, 0.25) is 0 Å². The summed E-state index contributed by atoms with van der Waals surface area (Å²) in [5.74, 6) is -1.73. The summed E-state index contributed by atoms with van der Waals surface area (Å²) in [6.07, 6.45) is 98.4. The third-order valence-corrected chi connectivity index (χ3v) is 16.1. The summed E-state index contributed by atoms with van der Waals surface area (Å²) in [7, 11) is -9.85. The van der Waals surface area contributed by atoms with Crippen molar-refractivity contribution < 1.29 is 75.8 Å². The quantitative estimate of drug-likeness (QED) is 0.0146. The fourth-order valence-corrected chi connectivity index (χ4v) is 10.2. The molecule has 0 saturated heterocycles. The number of aliphatic hydroxyl groups excluding tert-OH is 2. The number of hydrogen-bond acceptors (Lipinski definition) is 14. The molecule has 0 rings (SSSR count). The van der Waals surface area contributed by atoms with E-state index in [2.05, 4.69) is 240 Å². The van der Waals surface area contributed by atoms with E-state index in [0.717, 1.165) is 161 Å². The zero-order valence-electron chi connectivity index (χ0n) is 61.5. The molecule has 101 heavy (non-hydrogen) atoms. The summed E-state index contributed by atoms with van der Waals surface area (Å²) < 4.78 is 61.0. The zero-order chi connectivity index (χ0) is 73.7. The predicted molar refractivity (Wildman–Crippen MR) is 417 cm³/mol. The largest absolute Gasteiger partial charge is 0.472 e. The molecule has 566 valence electrons. The van der Waals surface area contributed by atoms with Crippen LogP contribution in [0.4, 0.5) is 0 Å². The van der Waals surface area contributed by atoms with Crippen molar-refractivity contribution in [1.82, 2.24) is 0 Å². The van der Waals surface area contributed by atoms with Gasteiger partial charge in [0.05, 0.1) is 26.4 Å². The van der Waals surface area contributed by atoms with Gasteiger partial charge >= 0.3 is 33.6 Å². The van der Waals surface area contributed by atoms with Crippen LogP contribution in [0.25, 0.3) is 0 Å². The second-order valence-electron chi connectivity index (χ2n) is 23.6. The van der Waals surface area contributed by atoms with Crippen molar-refractivity contribution in [3.05, 3.63) is 219 Å². The van der Waals surface area contributed by atoms with Crippen LogP contribution in [0.3, 0.4) is 0 Å². The van der Waals surface area contributed by atoms with Crippen LogP contribution in [0.5, 0.6) is 0 Å². The Morgan fingerprint density at radius 1 is 0.277 bits per heavy atom. The zero-order valence-corrected chi connectivity index (χ0v) is 63.3. The van der Waals surface area contributed by atoms with E-state index in [1.807, 2.05) is 0 Å². The van der Waals surface area contributed by atoms with Crippen molar-refractivity contribution in [3.8, 4) is 0 Å². The Kier molecular flexibility index (Phi) is 69.1. The predicted octanol–water partition coefficient (Wildman–Crippen LogP) is 21.5. The average Bonchev–Trinajstić information content (AvgIpc) is 0.951. The number of unbranched alkanes of at least 4 members (excludes halogenated alkanes) is 8. The van der Waals surface area contributed by atoms with Gasteiger partial charge in [0.15, 0.2) is 6.10 Å². The van der Waals surface area contributed by atoms with Crippen molar-refractivity contribution in [2.24, 2.45) is 0 Å². The molecule has 0 bridgehead atoms. The first-order chi connectivity index (χ1) is 49.2. The van der Waals surface area contributed by atoms with Gasteiger partial charge in [0.1, 0.15) is 25.4 Å². The molecule has 5 unspecified atom stereocenters. The number of carbonyl (C=O) groups excluding carboxylic acids is 3. The maximum atomic E-state index is 13.0. The van der Waals surface area contributed by atoms with E-state index < -0.39 is 91.5 Å². The lowest BCUT2D eigenvalue weighted by molar-refractivity contribution is -0.161. The minimum Gasteiger partial charge on any atom is -0.463 e. The highest BCUT2D eigenvalue weighted by Crippen LogP contribution is 2.45. The van der Waals surface area contributed by atoms with Crippen molar-refractivity contribution >= 4 is 33.6 Å². The number of ether oxygens (including phenoxy) is 3. The lowest BCUT2D eigenvalue weighted by Crippen LogP contribution is -2.30. The number of hydrogen-bond donors (Lipinski definition) is 4. The van der Waals surface area contributed by atoms with E-state index >= 15 is 0 Å². The van der Waals surface area contributed by atoms with Gasteiger partial charge in [0.25, 0.3) is 0 Å². The Morgan fingerprint density at radius 2 is 0.495 bits per heavy atom. The summed E-state index contributed by atoms with van der Waals surface area (Å²) in [6, 6.07) is 0. The Bertz CT molecular complexity index is 2710. The summed E-state index contributed by atoms with van der Waals surface area (Å²) in [5.41, 5.74) is 0. The third-order valence-electron chi connectivity index (χ3n) is 14.2. The molecule has 4 N–H and O–H groups in total. The number of rotatable bonds is 67. The van der Waals surface area contributed by atoms with E-state index in [0.29, 0.717) is 25.7 Å². The monoisotopic (exact) mass is 1440 g/mol. The van der Waals surface area contributed by atoms with Crippen LogP contribution in [0, 0.1) is 0 Å². The molecular weight excluding hydrogens is 1310 g/mol. The molecule has 0 aliphatic carbocycles. The van der Waals surface area contributed by atoms with E-state index in [4.69, 9.17) is 32.3 Å². The first kappa shape index (κ1) is 94.9. The van der Waals surface area contributed by atoms with E-state index in [9.17, 15) is 43.5 Å². The Hall–Kier alpha value is -6.13. The second-order valence-corrected chi connectivity index (χ2v) is 26.5. The van der Waals surface area contributed by atoms with Crippen LogP contribution in [0.2, 0.25) is 0 Å². The van der Waals surface area contributed by atoms with Gasteiger partial charge in [-0.05, 0) is 173 Å². The lowest BCUT2D eigenvalue weighted by atomic mass is 10.1.